The highest BCUT2D eigenvalue weighted by atomic mass is 32.2. The fraction of sp³-hybridized carbons (Fsp3) is 0.360. The highest BCUT2D eigenvalue weighted by Crippen LogP contribution is 2.32. The minimum Gasteiger partial charge on any atom is -0.497 e. The molecule has 2 heterocycles. The van der Waals surface area contributed by atoms with Gasteiger partial charge in [0, 0.05) is 29.1 Å². The number of aromatic nitrogens is 3. The van der Waals surface area contributed by atoms with Crippen LogP contribution in [0.4, 0.5) is 9.59 Å². The number of thioether (sulfide) groups is 1. The Bertz CT molecular complexity index is 1410. The van der Waals surface area contributed by atoms with E-state index in [1.165, 1.54) is 35.6 Å². The summed E-state index contributed by atoms with van der Waals surface area (Å²) in [4.78, 5) is 48.0. The van der Waals surface area contributed by atoms with E-state index in [-0.39, 0.29) is 13.2 Å². The fourth-order valence-electron chi connectivity index (χ4n) is 3.53. The van der Waals surface area contributed by atoms with Crippen LogP contribution in [0.5, 0.6) is 11.5 Å². The summed E-state index contributed by atoms with van der Waals surface area (Å²) in [5, 5.41) is 9.53. The summed E-state index contributed by atoms with van der Waals surface area (Å²) < 4.78 is 26.8. The zero-order valence-electron chi connectivity index (χ0n) is 22.4. The molecule has 0 aliphatic rings. The number of benzene rings is 1. The number of carbonyl (C=O) groups is 2. The molecular weight excluding hydrogens is 548 g/mol. The first-order valence-corrected chi connectivity index (χ1v) is 12.8. The van der Waals surface area contributed by atoms with Crippen LogP contribution in [-0.2, 0) is 24.8 Å². The summed E-state index contributed by atoms with van der Waals surface area (Å²) in [6.07, 6.45) is 1.35. The number of pyridine rings is 1. The lowest BCUT2D eigenvalue weighted by Crippen LogP contribution is -2.21. The van der Waals surface area contributed by atoms with Gasteiger partial charge in [0.1, 0.15) is 24.7 Å². The van der Waals surface area contributed by atoms with Crippen LogP contribution in [-0.4, -0.2) is 65.6 Å². The van der Waals surface area contributed by atoms with Crippen molar-refractivity contribution in [3.05, 3.63) is 63.5 Å². The Morgan fingerprint density at radius 1 is 1.15 bits per heavy atom. The third-order valence-corrected chi connectivity index (χ3v) is 6.31. The lowest BCUT2D eigenvalue weighted by Gasteiger charge is -2.12. The lowest BCUT2D eigenvalue weighted by atomic mass is 10.1. The zero-order chi connectivity index (χ0) is 29.2. The summed E-state index contributed by atoms with van der Waals surface area (Å²) in [5.41, 5.74) is 3.68. The highest BCUT2D eigenvalue weighted by Gasteiger charge is 2.20. The van der Waals surface area contributed by atoms with Crippen LogP contribution in [0.2, 0.25) is 0 Å². The van der Waals surface area contributed by atoms with Crippen LogP contribution in [0, 0.1) is 24.0 Å². The molecule has 0 amide bonds. The number of imidazole rings is 1. The Balaban J connectivity index is 1.67. The molecule has 0 fully saturated rings. The second kappa shape index (κ2) is 14.0. The van der Waals surface area contributed by atoms with Crippen molar-refractivity contribution in [1.82, 2.24) is 14.5 Å². The number of methoxy groups -OCH3 is 2. The van der Waals surface area contributed by atoms with Crippen LogP contribution in [0.1, 0.15) is 23.7 Å². The van der Waals surface area contributed by atoms with E-state index >= 15 is 0 Å². The van der Waals surface area contributed by atoms with Crippen LogP contribution in [0.25, 0.3) is 11.0 Å². The Morgan fingerprint density at radius 2 is 1.88 bits per heavy atom. The standard InChI is InChI=1S/C25H28N4O10S/c1-15-13-26-20(16(2)22(15)35-5)14-40-23-27-19-9-8-18(34-4)12-21(19)28(23)24(30)36-10-6-7-11-37-25(31)38-17(3)39-29(32)33/h6-9,12-13,17H,10-11,14H2,1-5H3/b7-6-. The first kappa shape index (κ1) is 30.0. The van der Waals surface area contributed by atoms with E-state index in [4.69, 9.17) is 18.9 Å². The van der Waals surface area contributed by atoms with Crippen molar-refractivity contribution in [2.75, 3.05) is 27.4 Å². The minimum atomic E-state index is -1.42. The van der Waals surface area contributed by atoms with Crippen molar-refractivity contribution >= 4 is 35.0 Å². The maximum Gasteiger partial charge on any atom is 0.510 e. The van der Waals surface area contributed by atoms with Gasteiger partial charge in [-0.1, -0.05) is 11.8 Å². The Hall–Kier alpha value is -4.53. The number of carbonyl (C=O) groups excluding carboxylic acids is 2. The number of nitrogens with zero attached hydrogens (tertiary/aromatic N) is 4. The summed E-state index contributed by atoms with van der Waals surface area (Å²) in [7, 11) is 3.13. The van der Waals surface area contributed by atoms with Gasteiger partial charge in [-0.15, -0.1) is 10.1 Å². The average molecular weight is 577 g/mol. The molecule has 0 aliphatic heterocycles. The van der Waals surface area contributed by atoms with Gasteiger partial charge in [0.2, 0.25) is 6.29 Å². The summed E-state index contributed by atoms with van der Waals surface area (Å²) >= 11 is 1.32. The van der Waals surface area contributed by atoms with Crippen molar-refractivity contribution < 1.29 is 43.2 Å². The predicted octanol–water partition coefficient (Wildman–Crippen LogP) is 4.61. The molecule has 214 valence electrons. The Labute approximate surface area is 233 Å². The molecule has 0 aliphatic carbocycles. The monoisotopic (exact) mass is 576 g/mol. The lowest BCUT2D eigenvalue weighted by molar-refractivity contribution is -0.777. The third kappa shape index (κ3) is 7.75. The molecule has 1 unspecified atom stereocenters. The second-order valence-electron chi connectivity index (χ2n) is 8.04. The molecular formula is C25H28N4O10S. The molecule has 3 rings (SSSR count). The molecule has 0 spiro atoms. The molecule has 0 saturated heterocycles. The number of rotatable bonds is 12. The van der Waals surface area contributed by atoms with Crippen LogP contribution in [0.3, 0.4) is 0 Å². The molecule has 0 N–H and O–H groups in total. The highest BCUT2D eigenvalue weighted by molar-refractivity contribution is 7.98. The van der Waals surface area contributed by atoms with Crippen molar-refractivity contribution in [3.63, 3.8) is 0 Å². The van der Waals surface area contributed by atoms with Gasteiger partial charge in [0.25, 0.3) is 5.09 Å². The van der Waals surface area contributed by atoms with E-state index in [2.05, 4.69) is 19.5 Å². The molecule has 15 heteroatoms. The third-order valence-electron chi connectivity index (χ3n) is 5.37. The van der Waals surface area contributed by atoms with Gasteiger partial charge < -0.3 is 23.7 Å². The van der Waals surface area contributed by atoms with Crippen molar-refractivity contribution in [1.29, 1.82) is 0 Å². The van der Waals surface area contributed by atoms with Crippen molar-refractivity contribution in [3.8, 4) is 11.5 Å². The van der Waals surface area contributed by atoms with Gasteiger partial charge in [-0.2, -0.15) is 0 Å². The van der Waals surface area contributed by atoms with Gasteiger partial charge in [0.05, 0.1) is 30.9 Å². The van der Waals surface area contributed by atoms with Crippen LogP contribution >= 0.6 is 11.8 Å². The topological polar surface area (TPSA) is 163 Å². The number of hydrogen-bond donors (Lipinski definition) is 0. The van der Waals surface area contributed by atoms with Gasteiger partial charge in [0.15, 0.2) is 5.16 Å². The first-order valence-electron chi connectivity index (χ1n) is 11.8. The molecule has 0 radical (unpaired) electrons. The van der Waals surface area contributed by atoms with E-state index in [9.17, 15) is 19.7 Å². The van der Waals surface area contributed by atoms with Gasteiger partial charge in [-0.3, -0.25) is 9.82 Å². The molecule has 3 aromatic rings. The molecule has 1 aromatic carbocycles. The van der Waals surface area contributed by atoms with Gasteiger partial charge in [-0.05, 0) is 45.1 Å². The van der Waals surface area contributed by atoms with Crippen LogP contribution in [0.15, 0.2) is 41.7 Å². The van der Waals surface area contributed by atoms with Crippen molar-refractivity contribution in [2.24, 2.45) is 0 Å². The predicted molar refractivity (Wildman–Crippen MR) is 142 cm³/mol. The summed E-state index contributed by atoms with van der Waals surface area (Å²) in [6, 6.07) is 5.17. The Morgan fingerprint density at radius 3 is 2.55 bits per heavy atom. The van der Waals surface area contributed by atoms with Gasteiger partial charge in [-0.25, -0.2) is 19.1 Å². The molecule has 1 atom stereocenters. The molecule has 0 saturated carbocycles. The maximum absolute atomic E-state index is 13.1. The normalized spacial score (nSPS) is 11.7. The Kier molecular flexibility index (Phi) is 10.5. The molecule has 40 heavy (non-hydrogen) atoms. The average Bonchev–Trinajstić information content (AvgIpc) is 3.27. The summed E-state index contributed by atoms with van der Waals surface area (Å²) in [5.74, 6) is 1.72. The van der Waals surface area contributed by atoms with Crippen molar-refractivity contribution in [2.45, 2.75) is 38.0 Å². The fourth-order valence-corrected chi connectivity index (χ4v) is 4.55. The molecule has 2 aromatic heterocycles. The molecule has 0 bridgehead atoms. The minimum absolute atomic E-state index is 0.137. The summed E-state index contributed by atoms with van der Waals surface area (Å²) in [6.45, 7) is 4.64. The smallest absolute Gasteiger partial charge is 0.497 e. The maximum atomic E-state index is 13.1. The second-order valence-corrected chi connectivity index (χ2v) is 8.99. The van der Waals surface area contributed by atoms with E-state index in [1.807, 2.05) is 13.8 Å². The SMILES string of the molecule is COc1ccc2nc(SCc3ncc(C)c(OC)c3C)n(C(=O)OC/C=C\COC(=O)OC(C)O[N+](=O)[O-])c2c1. The van der Waals surface area contributed by atoms with Gasteiger partial charge >= 0.3 is 12.2 Å². The number of ether oxygens (including phenoxy) is 5. The quantitative estimate of drug-likeness (QED) is 0.0734. The number of hydrogen-bond acceptors (Lipinski definition) is 13. The number of aryl methyl sites for hydroxylation is 1. The van der Waals surface area contributed by atoms with E-state index in [0.717, 1.165) is 29.5 Å². The number of fused-ring (bicyclic) bond motifs is 1. The van der Waals surface area contributed by atoms with E-state index in [1.54, 1.807) is 31.5 Å². The first-order chi connectivity index (χ1) is 19.1. The van der Waals surface area contributed by atoms with Crippen LogP contribution < -0.4 is 9.47 Å². The molecule has 14 nitrogen and oxygen atoms in total. The van der Waals surface area contributed by atoms with E-state index in [0.29, 0.717) is 27.7 Å². The zero-order valence-corrected chi connectivity index (χ0v) is 23.3. The van der Waals surface area contributed by atoms with E-state index < -0.39 is 23.6 Å². The largest absolute Gasteiger partial charge is 0.510 e.